The second-order valence-electron chi connectivity index (χ2n) is 4.88. The molecule has 1 saturated heterocycles. The van der Waals surface area contributed by atoms with Crippen molar-refractivity contribution in [2.24, 2.45) is 5.73 Å². The van der Waals surface area contributed by atoms with E-state index >= 15 is 0 Å². The molecule has 1 fully saturated rings. The minimum atomic E-state index is -0.469. The lowest BCUT2D eigenvalue weighted by Gasteiger charge is -2.32. The van der Waals surface area contributed by atoms with Gasteiger partial charge in [-0.25, -0.2) is 0 Å². The van der Waals surface area contributed by atoms with Gasteiger partial charge in [0.15, 0.2) is 6.10 Å². The van der Waals surface area contributed by atoms with Crippen molar-refractivity contribution in [1.29, 1.82) is 0 Å². The molecule has 4 nitrogen and oxygen atoms in total. The normalized spacial score (nSPS) is 17.2. The monoisotopic (exact) mass is 362 g/mol. The summed E-state index contributed by atoms with van der Waals surface area (Å²) >= 11 is 3.38. The van der Waals surface area contributed by atoms with Crippen molar-refractivity contribution in [1.82, 2.24) is 4.90 Å². The molecule has 0 aromatic heterocycles. The van der Waals surface area contributed by atoms with Gasteiger partial charge in [0.25, 0.3) is 5.91 Å². The van der Waals surface area contributed by atoms with Gasteiger partial charge in [0.1, 0.15) is 5.75 Å². The van der Waals surface area contributed by atoms with Gasteiger partial charge in [-0.1, -0.05) is 22.0 Å². The summed E-state index contributed by atoms with van der Waals surface area (Å²) in [5.74, 6) is 0.732. The first-order valence-corrected chi connectivity index (χ1v) is 7.32. The number of rotatable bonds is 3. The van der Waals surface area contributed by atoms with E-state index in [0.29, 0.717) is 5.75 Å². The van der Waals surface area contributed by atoms with Crippen molar-refractivity contribution >= 4 is 34.2 Å². The third-order valence-electron chi connectivity index (χ3n) is 3.31. The third-order valence-corrected chi connectivity index (χ3v) is 3.80. The summed E-state index contributed by atoms with van der Waals surface area (Å²) in [7, 11) is 0. The highest BCUT2D eigenvalue weighted by Gasteiger charge is 2.25. The number of carbonyl (C=O) groups excluding carboxylic acids is 1. The van der Waals surface area contributed by atoms with E-state index in [1.165, 1.54) is 0 Å². The van der Waals surface area contributed by atoms with E-state index in [1.54, 1.807) is 6.92 Å². The molecule has 112 valence electrons. The highest BCUT2D eigenvalue weighted by atomic mass is 79.9. The fraction of sp³-hybridized carbons (Fsp3) is 0.500. The highest BCUT2D eigenvalue weighted by Crippen LogP contribution is 2.20. The number of halogens is 2. The molecule has 2 rings (SSSR count). The van der Waals surface area contributed by atoms with E-state index in [-0.39, 0.29) is 24.4 Å². The average Bonchev–Trinajstić information content (AvgIpc) is 2.39. The minimum Gasteiger partial charge on any atom is -0.481 e. The molecule has 1 atom stereocenters. The minimum absolute atomic E-state index is 0. The fourth-order valence-electron chi connectivity index (χ4n) is 2.17. The number of hydrogen-bond donors (Lipinski definition) is 1. The number of carbonyl (C=O) groups is 1. The van der Waals surface area contributed by atoms with E-state index in [0.717, 1.165) is 30.4 Å². The number of nitrogens with zero attached hydrogens (tertiary/aromatic N) is 1. The van der Waals surface area contributed by atoms with Gasteiger partial charge in [-0.15, -0.1) is 12.4 Å². The molecule has 2 N–H and O–H groups in total. The number of ether oxygens (including phenoxy) is 1. The molecule has 20 heavy (non-hydrogen) atoms. The smallest absolute Gasteiger partial charge is 0.263 e. The lowest BCUT2D eigenvalue weighted by atomic mass is 10.1. The van der Waals surface area contributed by atoms with Crippen molar-refractivity contribution in [3.63, 3.8) is 0 Å². The van der Waals surface area contributed by atoms with Crippen LogP contribution in [0.3, 0.4) is 0 Å². The van der Waals surface area contributed by atoms with Crippen molar-refractivity contribution in [2.75, 3.05) is 13.1 Å². The summed E-state index contributed by atoms with van der Waals surface area (Å²) in [4.78, 5) is 14.1. The van der Waals surface area contributed by atoms with Crippen LogP contribution >= 0.6 is 28.3 Å². The highest BCUT2D eigenvalue weighted by molar-refractivity contribution is 9.10. The Kier molecular flexibility index (Phi) is 6.79. The topological polar surface area (TPSA) is 55.6 Å². The van der Waals surface area contributed by atoms with Crippen LogP contribution in [-0.4, -0.2) is 36.0 Å². The van der Waals surface area contributed by atoms with Gasteiger partial charge in [0.2, 0.25) is 0 Å². The number of amides is 1. The molecular formula is C14H20BrClN2O2. The van der Waals surface area contributed by atoms with E-state index in [9.17, 15) is 4.79 Å². The van der Waals surface area contributed by atoms with Crippen LogP contribution in [0.4, 0.5) is 0 Å². The molecule has 1 aliphatic heterocycles. The van der Waals surface area contributed by atoms with Crippen LogP contribution in [-0.2, 0) is 4.79 Å². The predicted octanol–water partition coefficient (Wildman–Crippen LogP) is 2.59. The molecule has 1 aliphatic rings. The van der Waals surface area contributed by atoms with Crippen LogP contribution in [0.2, 0.25) is 0 Å². The molecule has 1 unspecified atom stereocenters. The van der Waals surface area contributed by atoms with E-state index in [2.05, 4.69) is 15.9 Å². The Morgan fingerprint density at radius 1 is 1.45 bits per heavy atom. The first kappa shape index (κ1) is 17.3. The summed E-state index contributed by atoms with van der Waals surface area (Å²) in [5, 5.41) is 0. The maximum atomic E-state index is 12.2. The van der Waals surface area contributed by atoms with Crippen molar-refractivity contribution < 1.29 is 9.53 Å². The summed E-state index contributed by atoms with van der Waals surface area (Å²) in [5.41, 5.74) is 5.84. The Bertz CT molecular complexity index is 451. The van der Waals surface area contributed by atoms with E-state index in [4.69, 9.17) is 10.5 Å². The largest absolute Gasteiger partial charge is 0.481 e. The van der Waals surface area contributed by atoms with Crippen molar-refractivity contribution in [3.05, 3.63) is 28.7 Å². The number of likely N-dealkylation sites (tertiary alicyclic amines) is 1. The zero-order chi connectivity index (χ0) is 13.8. The van der Waals surface area contributed by atoms with Gasteiger partial charge in [-0.05, 0) is 38.0 Å². The SMILES string of the molecule is CC(Oc1cccc(Br)c1)C(=O)N1CCC(N)CC1.Cl. The second kappa shape index (κ2) is 7.86. The van der Waals surface area contributed by atoms with Crippen LogP contribution in [0.15, 0.2) is 28.7 Å². The van der Waals surface area contributed by atoms with Gasteiger partial charge in [0, 0.05) is 23.6 Å². The second-order valence-corrected chi connectivity index (χ2v) is 5.80. The molecule has 1 aromatic rings. The summed E-state index contributed by atoms with van der Waals surface area (Å²) in [6, 6.07) is 7.74. The lowest BCUT2D eigenvalue weighted by Crippen LogP contribution is -2.47. The lowest BCUT2D eigenvalue weighted by molar-refractivity contribution is -0.139. The summed E-state index contributed by atoms with van der Waals surface area (Å²) < 4.78 is 6.62. The molecule has 6 heteroatoms. The van der Waals surface area contributed by atoms with Crippen molar-refractivity contribution in [3.8, 4) is 5.75 Å². The average molecular weight is 364 g/mol. The van der Waals surface area contributed by atoms with Crippen LogP contribution in [0.5, 0.6) is 5.75 Å². The number of nitrogens with two attached hydrogens (primary N) is 1. The molecule has 1 heterocycles. The molecule has 1 aromatic carbocycles. The Balaban J connectivity index is 0.00000200. The molecule has 1 amide bonds. The molecule has 0 saturated carbocycles. The predicted molar refractivity (Wildman–Crippen MR) is 85.3 cm³/mol. The zero-order valence-corrected chi connectivity index (χ0v) is 13.8. The van der Waals surface area contributed by atoms with E-state index < -0.39 is 6.10 Å². The first-order chi connectivity index (χ1) is 9.06. The van der Waals surface area contributed by atoms with Gasteiger partial charge >= 0.3 is 0 Å². The first-order valence-electron chi connectivity index (χ1n) is 6.53. The molecule has 0 spiro atoms. The van der Waals surface area contributed by atoms with Gasteiger partial charge < -0.3 is 15.4 Å². The number of piperidine rings is 1. The van der Waals surface area contributed by atoms with Gasteiger partial charge in [-0.2, -0.15) is 0 Å². The van der Waals surface area contributed by atoms with Crippen molar-refractivity contribution in [2.45, 2.75) is 31.9 Å². The maximum absolute atomic E-state index is 12.2. The van der Waals surface area contributed by atoms with Crippen LogP contribution < -0.4 is 10.5 Å². The Morgan fingerprint density at radius 3 is 2.70 bits per heavy atom. The third kappa shape index (κ3) is 4.65. The maximum Gasteiger partial charge on any atom is 0.263 e. The Hall–Kier alpha value is -0.780. The van der Waals surface area contributed by atoms with Gasteiger partial charge in [-0.3, -0.25) is 4.79 Å². The molecule has 0 aliphatic carbocycles. The molecule has 0 radical (unpaired) electrons. The van der Waals surface area contributed by atoms with Gasteiger partial charge in [0.05, 0.1) is 0 Å². The van der Waals surface area contributed by atoms with Crippen LogP contribution in [0.1, 0.15) is 19.8 Å². The van der Waals surface area contributed by atoms with Crippen LogP contribution in [0.25, 0.3) is 0 Å². The summed E-state index contributed by atoms with van der Waals surface area (Å²) in [6.45, 7) is 3.25. The molecule has 0 bridgehead atoms. The number of hydrogen-bond acceptors (Lipinski definition) is 3. The van der Waals surface area contributed by atoms with Crippen LogP contribution in [0, 0.1) is 0 Å². The summed E-state index contributed by atoms with van der Waals surface area (Å²) in [6.07, 6.45) is 1.27. The molecular weight excluding hydrogens is 344 g/mol. The quantitative estimate of drug-likeness (QED) is 0.898. The zero-order valence-electron chi connectivity index (χ0n) is 11.4. The fourth-order valence-corrected chi connectivity index (χ4v) is 2.55. The number of benzene rings is 1. The van der Waals surface area contributed by atoms with E-state index in [1.807, 2.05) is 29.2 Å². The standard InChI is InChI=1S/C14H19BrN2O2.ClH/c1-10(19-13-4-2-3-11(15)9-13)14(18)17-7-5-12(16)6-8-17;/h2-4,9-10,12H,5-8,16H2,1H3;1H. The Morgan fingerprint density at radius 2 is 2.10 bits per heavy atom. The Labute approximate surface area is 134 Å².